The van der Waals surface area contributed by atoms with Gasteiger partial charge in [-0.3, -0.25) is 9.69 Å². The number of benzene rings is 3. The molecule has 3 aromatic carbocycles. The third kappa shape index (κ3) is 4.48. The van der Waals surface area contributed by atoms with E-state index in [1.807, 2.05) is 48.5 Å². The highest BCUT2D eigenvalue weighted by Gasteiger charge is 2.15. The number of para-hydroxylation sites is 3. The molecular weight excluding hydrogens is 438 g/mol. The van der Waals surface area contributed by atoms with Gasteiger partial charge in [0.05, 0.1) is 29.8 Å². The van der Waals surface area contributed by atoms with Crippen LogP contribution in [0, 0.1) is 0 Å². The Morgan fingerprint density at radius 3 is 2.40 bits per heavy atom. The van der Waals surface area contributed by atoms with E-state index in [-0.39, 0.29) is 5.91 Å². The molecule has 2 aromatic heterocycles. The summed E-state index contributed by atoms with van der Waals surface area (Å²) in [5.41, 5.74) is 6.50. The van der Waals surface area contributed by atoms with Gasteiger partial charge in [0.15, 0.2) is 5.65 Å². The summed E-state index contributed by atoms with van der Waals surface area (Å²) in [6, 6.07) is 24.2. The van der Waals surface area contributed by atoms with E-state index < -0.39 is 0 Å². The van der Waals surface area contributed by atoms with Crippen LogP contribution in [0.4, 0.5) is 5.69 Å². The van der Waals surface area contributed by atoms with Gasteiger partial charge in [-0.25, -0.2) is 9.97 Å². The molecule has 176 valence electrons. The van der Waals surface area contributed by atoms with Crippen LogP contribution in [0.3, 0.4) is 0 Å². The number of aryl methyl sites for hydroxylation is 1. The van der Waals surface area contributed by atoms with Crippen molar-refractivity contribution in [1.82, 2.24) is 19.4 Å². The fourth-order valence-corrected chi connectivity index (χ4v) is 4.76. The van der Waals surface area contributed by atoms with Gasteiger partial charge in [-0.1, -0.05) is 42.5 Å². The molecule has 1 N–H and O–H groups in total. The van der Waals surface area contributed by atoms with Crippen molar-refractivity contribution in [2.45, 2.75) is 19.5 Å². The van der Waals surface area contributed by atoms with Crippen LogP contribution in [-0.4, -0.2) is 51.6 Å². The van der Waals surface area contributed by atoms with E-state index in [1.165, 1.54) is 5.56 Å². The lowest BCUT2D eigenvalue weighted by Crippen LogP contribution is -2.35. The molecule has 1 saturated heterocycles. The van der Waals surface area contributed by atoms with Gasteiger partial charge in [0.2, 0.25) is 5.91 Å². The van der Waals surface area contributed by atoms with Crippen molar-refractivity contribution in [2.24, 2.45) is 0 Å². The second kappa shape index (κ2) is 9.44. The van der Waals surface area contributed by atoms with Gasteiger partial charge >= 0.3 is 0 Å². The number of amides is 1. The normalized spacial score (nSPS) is 14.6. The van der Waals surface area contributed by atoms with Crippen molar-refractivity contribution in [1.29, 1.82) is 0 Å². The molecule has 7 heteroatoms. The number of ether oxygens (including phenoxy) is 1. The number of anilines is 1. The predicted octanol–water partition coefficient (Wildman–Crippen LogP) is 4.60. The number of rotatable bonds is 6. The fraction of sp³-hybridized carbons (Fsp3) is 0.250. The summed E-state index contributed by atoms with van der Waals surface area (Å²) in [6.45, 7) is 4.94. The maximum absolute atomic E-state index is 12.8. The quantitative estimate of drug-likeness (QED) is 0.397. The van der Waals surface area contributed by atoms with Crippen LogP contribution in [0.15, 0.2) is 72.8 Å². The van der Waals surface area contributed by atoms with Crippen molar-refractivity contribution in [3.05, 3.63) is 78.4 Å². The Balaban J connectivity index is 1.18. The molecular formula is C28H27N5O2. The van der Waals surface area contributed by atoms with Crippen molar-refractivity contribution in [3.63, 3.8) is 0 Å². The van der Waals surface area contributed by atoms with Gasteiger partial charge in [0.25, 0.3) is 0 Å². The molecule has 1 amide bonds. The van der Waals surface area contributed by atoms with Crippen LogP contribution < -0.4 is 5.32 Å². The third-order valence-corrected chi connectivity index (χ3v) is 6.57. The molecule has 0 saturated carbocycles. The Morgan fingerprint density at radius 1 is 0.886 bits per heavy atom. The average Bonchev–Trinajstić information content (AvgIpc) is 3.20. The maximum atomic E-state index is 12.8. The largest absolute Gasteiger partial charge is 0.379 e. The average molecular weight is 466 g/mol. The van der Waals surface area contributed by atoms with E-state index in [0.717, 1.165) is 71.6 Å². The minimum absolute atomic E-state index is 0.0226. The number of nitrogens with zero attached hydrogens (tertiary/aromatic N) is 4. The fourth-order valence-electron chi connectivity index (χ4n) is 4.76. The minimum atomic E-state index is -0.0226. The molecule has 1 aliphatic heterocycles. The van der Waals surface area contributed by atoms with Gasteiger partial charge in [-0.15, -0.1) is 0 Å². The van der Waals surface area contributed by atoms with Crippen LogP contribution >= 0.6 is 0 Å². The minimum Gasteiger partial charge on any atom is -0.379 e. The highest BCUT2D eigenvalue weighted by Crippen LogP contribution is 2.28. The van der Waals surface area contributed by atoms with E-state index in [1.54, 1.807) is 0 Å². The molecule has 35 heavy (non-hydrogen) atoms. The zero-order valence-electron chi connectivity index (χ0n) is 19.5. The third-order valence-electron chi connectivity index (χ3n) is 6.57. The van der Waals surface area contributed by atoms with Gasteiger partial charge in [-0.05, 0) is 35.9 Å². The smallest absolute Gasteiger partial charge is 0.226 e. The second-order valence-corrected chi connectivity index (χ2v) is 8.94. The number of carbonyl (C=O) groups excluding carboxylic acids is 1. The van der Waals surface area contributed by atoms with Crippen molar-refractivity contribution < 1.29 is 9.53 Å². The van der Waals surface area contributed by atoms with E-state index in [4.69, 9.17) is 14.7 Å². The highest BCUT2D eigenvalue weighted by molar-refractivity contribution is 6.06. The Morgan fingerprint density at radius 2 is 1.60 bits per heavy atom. The van der Waals surface area contributed by atoms with Gasteiger partial charge in [-0.2, -0.15) is 0 Å². The van der Waals surface area contributed by atoms with E-state index >= 15 is 0 Å². The highest BCUT2D eigenvalue weighted by atomic mass is 16.5. The lowest BCUT2D eigenvalue weighted by atomic mass is 10.2. The number of aromatic nitrogens is 3. The monoisotopic (exact) mass is 465 g/mol. The Bertz CT molecular complexity index is 1500. The van der Waals surface area contributed by atoms with Crippen LogP contribution in [0.1, 0.15) is 12.0 Å². The molecule has 6 rings (SSSR count). The summed E-state index contributed by atoms with van der Waals surface area (Å²) in [7, 11) is 0. The molecule has 0 unspecified atom stereocenters. The molecule has 0 atom stereocenters. The zero-order chi connectivity index (χ0) is 23.6. The summed E-state index contributed by atoms with van der Waals surface area (Å²) in [5.74, 6) is -0.0226. The van der Waals surface area contributed by atoms with Gasteiger partial charge in [0.1, 0.15) is 5.52 Å². The lowest BCUT2D eigenvalue weighted by Gasteiger charge is -2.26. The molecule has 1 fully saturated rings. The molecule has 0 spiro atoms. The Labute approximate surface area is 203 Å². The summed E-state index contributed by atoms with van der Waals surface area (Å²) >= 11 is 0. The molecule has 7 nitrogen and oxygen atoms in total. The van der Waals surface area contributed by atoms with E-state index in [9.17, 15) is 4.79 Å². The summed E-state index contributed by atoms with van der Waals surface area (Å²) in [6.07, 6.45) is 0.345. The first kappa shape index (κ1) is 21.7. The van der Waals surface area contributed by atoms with Gasteiger partial charge in [0, 0.05) is 43.7 Å². The number of fused-ring (bicyclic) bond motifs is 4. The molecule has 0 radical (unpaired) electrons. The first-order valence-corrected chi connectivity index (χ1v) is 12.1. The number of carbonyl (C=O) groups is 1. The van der Waals surface area contributed by atoms with E-state index in [0.29, 0.717) is 13.0 Å². The Kier molecular flexibility index (Phi) is 5.86. The molecule has 0 bridgehead atoms. The molecule has 3 heterocycles. The predicted molar refractivity (Wildman–Crippen MR) is 138 cm³/mol. The summed E-state index contributed by atoms with van der Waals surface area (Å²) in [5, 5.41) is 4.09. The van der Waals surface area contributed by atoms with Crippen LogP contribution in [-0.2, 0) is 22.6 Å². The molecule has 1 aliphatic rings. The number of nitrogens with one attached hydrogen (secondary N) is 1. The van der Waals surface area contributed by atoms with Gasteiger partial charge < -0.3 is 14.6 Å². The van der Waals surface area contributed by atoms with Crippen LogP contribution in [0.2, 0.25) is 0 Å². The number of hydrogen-bond acceptors (Lipinski definition) is 5. The summed E-state index contributed by atoms with van der Waals surface area (Å²) < 4.78 is 7.52. The lowest BCUT2D eigenvalue weighted by molar-refractivity contribution is -0.116. The first-order chi connectivity index (χ1) is 17.2. The first-order valence-electron chi connectivity index (χ1n) is 12.1. The SMILES string of the molecule is O=C(CCn1c2ccccc2c2nc3ccccc3nc21)Nc1ccc(CN2CCOCC2)cc1. The van der Waals surface area contributed by atoms with E-state index in [2.05, 4.69) is 39.0 Å². The zero-order valence-corrected chi connectivity index (χ0v) is 19.5. The topological polar surface area (TPSA) is 72.3 Å². The van der Waals surface area contributed by atoms with Crippen molar-refractivity contribution >= 4 is 44.7 Å². The molecule has 5 aromatic rings. The number of morpholine rings is 1. The van der Waals surface area contributed by atoms with Crippen LogP contribution in [0.5, 0.6) is 0 Å². The molecule has 0 aliphatic carbocycles. The van der Waals surface area contributed by atoms with Crippen LogP contribution in [0.25, 0.3) is 33.1 Å². The van der Waals surface area contributed by atoms with Crippen molar-refractivity contribution in [2.75, 3.05) is 31.6 Å². The standard InChI is InChI=1S/C28H27N5O2/c34-26(29-21-11-9-20(10-12-21)19-32-15-17-35-18-16-32)13-14-33-25-8-4-1-5-22(25)27-28(33)31-24-7-3-2-6-23(24)30-27/h1-12H,13-19H2,(H,29,34). The maximum Gasteiger partial charge on any atom is 0.226 e. The number of hydrogen-bond donors (Lipinski definition) is 1. The summed E-state index contributed by atoms with van der Waals surface area (Å²) in [4.78, 5) is 25.0. The Hall–Kier alpha value is -3.81. The van der Waals surface area contributed by atoms with Crippen molar-refractivity contribution in [3.8, 4) is 0 Å². The second-order valence-electron chi connectivity index (χ2n) is 8.94.